The van der Waals surface area contributed by atoms with Gasteiger partial charge in [0.05, 0.1) is 16.1 Å². The molecule has 0 bridgehead atoms. The van der Waals surface area contributed by atoms with Crippen molar-refractivity contribution in [3.05, 3.63) is 22.2 Å². The van der Waals surface area contributed by atoms with Gasteiger partial charge in [-0.3, -0.25) is 9.59 Å². The summed E-state index contributed by atoms with van der Waals surface area (Å²) >= 11 is 1.11. The third-order valence-corrected chi connectivity index (χ3v) is 3.97. The van der Waals surface area contributed by atoms with Gasteiger partial charge < -0.3 is 21.3 Å². The van der Waals surface area contributed by atoms with Crippen molar-refractivity contribution in [3.8, 4) is 0 Å². The van der Waals surface area contributed by atoms with Crippen LogP contribution in [0.3, 0.4) is 0 Å². The normalized spacial score (nSPS) is 10.6. The number of nitrogens with one attached hydrogen (secondary N) is 1. The molecule has 2 aromatic rings. The zero-order chi connectivity index (χ0) is 15.6. The lowest BCUT2D eigenvalue weighted by Crippen LogP contribution is -2.15. The number of nitrogen functional groups attached to an aromatic ring is 1. The van der Waals surface area contributed by atoms with E-state index in [-0.39, 0.29) is 17.0 Å². The molecule has 0 atom stereocenters. The van der Waals surface area contributed by atoms with Gasteiger partial charge >= 0.3 is 0 Å². The van der Waals surface area contributed by atoms with Gasteiger partial charge in [-0.25, -0.2) is 0 Å². The first-order valence-electron chi connectivity index (χ1n) is 6.16. The smallest absolute Gasteiger partial charge is 0.253 e. The lowest BCUT2D eigenvalue weighted by atomic mass is 10.2. The largest absolute Gasteiger partial charge is 0.397 e. The van der Waals surface area contributed by atoms with Gasteiger partial charge in [-0.05, 0) is 6.92 Å². The Morgan fingerprint density at radius 1 is 1.43 bits per heavy atom. The number of nitrogens with zero attached hydrogens (tertiary/aromatic N) is 2. The molecule has 8 nitrogen and oxygen atoms in total. The van der Waals surface area contributed by atoms with E-state index < -0.39 is 5.91 Å². The monoisotopic (exact) mass is 309 g/mol. The van der Waals surface area contributed by atoms with Crippen molar-refractivity contribution in [2.75, 3.05) is 17.6 Å². The summed E-state index contributed by atoms with van der Waals surface area (Å²) in [5.74, 6) is 0.159. The highest BCUT2D eigenvalue weighted by molar-refractivity contribution is 7.19. The molecule has 0 fully saturated rings. The summed E-state index contributed by atoms with van der Waals surface area (Å²) in [6.45, 7) is 3.56. The van der Waals surface area contributed by atoms with Gasteiger partial charge in [0, 0.05) is 19.9 Å². The minimum Gasteiger partial charge on any atom is -0.397 e. The zero-order valence-corrected chi connectivity index (χ0v) is 12.4. The minimum absolute atomic E-state index is 0.121. The average molecular weight is 309 g/mol. The number of thiophene rings is 1. The number of Topliss-reactive ketones (excluding diaryl/α,β-unsaturated/α-hetero) is 1. The summed E-state index contributed by atoms with van der Waals surface area (Å²) in [5.41, 5.74) is 11.4. The average Bonchev–Trinajstić information content (AvgIpc) is 2.93. The third kappa shape index (κ3) is 3.19. The van der Waals surface area contributed by atoms with Gasteiger partial charge in [0.1, 0.15) is 5.00 Å². The SMILES string of the molecule is CC(=O)c1sc(NCCc2nc(C)no2)c(C(N)=O)c1N. The Morgan fingerprint density at radius 2 is 2.14 bits per heavy atom. The van der Waals surface area contributed by atoms with E-state index in [1.54, 1.807) is 6.92 Å². The first kappa shape index (κ1) is 15.0. The van der Waals surface area contributed by atoms with Crippen LogP contribution >= 0.6 is 11.3 Å². The van der Waals surface area contributed by atoms with Gasteiger partial charge in [0.25, 0.3) is 5.91 Å². The van der Waals surface area contributed by atoms with Crippen molar-refractivity contribution in [2.24, 2.45) is 5.73 Å². The molecular formula is C12H15N5O3S. The molecule has 0 aromatic carbocycles. The Bertz CT molecular complexity index is 691. The number of nitrogens with two attached hydrogens (primary N) is 2. The van der Waals surface area contributed by atoms with Crippen molar-refractivity contribution in [2.45, 2.75) is 20.3 Å². The fraction of sp³-hybridized carbons (Fsp3) is 0.333. The summed E-state index contributed by atoms with van der Waals surface area (Å²) in [6.07, 6.45) is 0.478. The lowest BCUT2D eigenvalue weighted by Gasteiger charge is -2.03. The minimum atomic E-state index is -0.674. The number of anilines is 2. The molecule has 0 saturated heterocycles. The molecule has 5 N–H and O–H groups in total. The molecular weight excluding hydrogens is 294 g/mol. The Morgan fingerprint density at radius 3 is 2.67 bits per heavy atom. The van der Waals surface area contributed by atoms with Gasteiger partial charge in [0.15, 0.2) is 11.6 Å². The Labute approximate surface area is 124 Å². The van der Waals surface area contributed by atoms with Crippen LogP contribution in [-0.2, 0) is 6.42 Å². The fourth-order valence-electron chi connectivity index (χ4n) is 1.80. The standard InChI is InChI=1S/C12H15N5O3S/c1-5(18)10-9(13)8(11(14)19)12(21-10)15-4-3-7-16-6(2)17-20-7/h15H,3-4,13H2,1-2H3,(H2,14,19). The van der Waals surface area contributed by atoms with Crippen LogP contribution < -0.4 is 16.8 Å². The molecule has 9 heteroatoms. The number of hydrogen-bond acceptors (Lipinski definition) is 8. The molecule has 2 rings (SSSR count). The van der Waals surface area contributed by atoms with Crippen molar-refractivity contribution < 1.29 is 14.1 Å². The molecule has 0 aliphatic carbocycles. The summed E-state index contributed by atoms with van der Waals surface area (Å²) in [7, 11) is 0. The van der Waals surface area contributed by atoms with Crippen molar-refractivity contribution >= 4 is 33.7 Å². The van der Waals surface area contributed by atoms with Gasteiger partial charge in [-0.15, -0.1) is 11.3 Å². The number of aryl methyl sites for hydroxylation is 1. The van der Waals surface area contributed by atoms with E-state index in [1.165, 1.54) is 6.92 Å². The molecule has 0 radical (unpaired) electrons. The first-order valence-corrected chi connectivity index (χ1v) is 6.97. The number of rotatable bonds is 6. The third-order valence-electron chi connectivity index (χ3n) is 2.71. The van der Waals surface area contributed by atoms with E-state index in [0.717, 1.165) is 11.3 Å². The molecule has 21 heavy (non-hydrogen) atoms. The van der Waals surface area contributed by atoms with Crippen LogP contribution in [0.1, 0.15) is 38.7 Å². The first-order chi connectivity index (χ1) is 9.90. The van der Waals surface area contributed by atoms with E-state index in [2.05, 4.69) is 15.5 Å². The number of hydrogen-bond donors (Lipinski definition) is 3. The molecule has 2 aromatic heterocycles. The number of ketones is 1. The molecule has 112 valence electrons. The van der Waals surface area contributed by atoms with Crippen LogP contribution in [0.15, 0.2) is 4.52 Å². The van der Waals surface area contributed by atoms with Crippen molar-refractivity contribution in [1.82, 2.24) is 10.1 Å². The van der Waals surface area contributed by atoms with Crippen molar-refractivity contribution in [3.63, 3.8) is 0 Å². The molecule has 1 amide bonds. The van der Waals surface area contributed by atoms with E-state index in [9.17, 15) is 9.59 Å². The van der Waals surface area contributed by atoms with Crippen LogP contribution in [0.25, 0.3) is 0 Å². The zero-order valence-electron chi connectivity index (χ0n) is 11.6. The summed E-state index contributed by atoms with van der Waals surface area (Å²) in [4.78, 5) is 27.3. The Hall–Kier alpha value is -2.42. The topological polar surface area (TPSA) is 137 Å². The second-order valence-electron chi connectivity index (χ2n) is 4.38. The highest BCUT2D eigenvalue weighted by Gasteiger charge is 2.22. The predicted molar refractivity (Wildman–Crippen MR) is 78.5 cm³/mol. The fourth-order valence-corrected chi connectivity index (χ4v) is 2.85. The van der Waals surface area contributed by atoms with E-state index in [0.29, 0.717) is 34.6 Å². The maximum atomic E-state index is 11.5. The maximum Gasteiger partial charge on any atom is 0.253 e. The number of primary amides is 1. The summed E-state index contributed by atoms with van der Waals surface area (Å²) in [6, 6.07) is 0. The van der Waals surface area contributed by atoms with E-state index >= 15 is 0 Å². The van der Waals surface area contributed by atoms with Gasteiger partial charge in [-0.2, -0.15) is 4.98 Å². The predicted octanol–water partition coefficient (Wildman–Crippen LogP) is 0.978. The number of carbonyl (C=O) groups excluding carboxylic acids is 2. The summed E-state index contributed by atoms with van der Waals surface area (Å²) in [5, 5.41) is 7.18. The van der Waals surface area contributed by atoms with Crippen LogP contribution in [-0.4, -0.2) is 28.4 Å². The van der Waals surface area contributed by atoms with Gasteiger partial charge in [-0.1, -0.05) is 5.16 Å². The highest BCUT2D eigenvalue weighted by atomic mass is 32.1. The maximum absolute atomic E-state index is 11.5. The molecule has 0 saturated carbocycles. The number of amides is 1. The van der Waals surface area contributed by atoms with Crippen LogP contribution in [0.2, 0.25) is 0 Å². The molecule has 0 unspecified atom stereocenters. The van der Waals surface area contributed by atoms with Crippen molar-refractivity contribution in [1.29, 1.82) is 0 Å². The van der Waals surface area contributed by atoms with Crippen LogP contribution in [0.4, 0.5) is 10.7 Å². The number of aromatic nitrogens is 2. The molecule has 2 heterocycles. The quantitative estimate of drug-likeness (QED) is 0.676. The van der Waals surface area contributed by atoms with Crippen LogP contribution in [0.5, 0.6) is 0 Å². The molecule has 0 aliphatic heterocycles. The van der Waals surface area contributed by atoms with Gasteiger partial charge in [0.2, 0.25) is 5.89 Å². The second kappa shape index (κ2) is 5.92. The Kier molecular flexibility index (Phi) is 4.22. The lowest BCUT2D eigenvalue weighted by molar-refractivity contribution is 0.100. The van der Waals surface area contributed by atoms with E-state index in [4.69, 9.17) is 16.0 Å². The molecule has 0 aliphatic rings. The summed E-state index contributed by atoms with van der Waals surface area (Å²) < 4.78 is 4.98. The second-order valence-corrected chi connectivity index (χ2v) is 5.40. The van der Waals surface area contributed by atoms with E-state index in [1.807, 2.05) is 0 Å². The Balaban J connectivity index is 2.13. The van der Waals surface area contributed by atoms with Crippen LogP contribution in [0, 0.1) is 6.92 Å². The number of carbonyl (C=O) groups is 2. The molecule has 0 spiro atoms. The highest BCUT2D eigenvalue weighted by Crippen LogP contribution is 2.35.